The summed E-state index contributed by atoms with van der Waals surface area (Å²) in [6, 6.07) is 13.4. The van der Waals surface area contributed by atoms with Crippen molar-refractivity contribution in [1.82, 2.24) is 0 Å². The van der Waals surface area contributed by atoms with Crippen LogP contribution in [-0.2, 0) is 14.8 Å². The molecule has 1 N–H and O–H groups in total. The summed E-state index contributed by atoms with van der Waals surface area (Å²) in [6.45, 7) is 3.48. The zero-order chi connectivity index (χ0) is 18.2. The molecule has 2 aromatic carbocycles. The standard InChI is InChI=1S/C18H18N2O4S/c1-12-5-3-4-6-16(12)19-17(21)14-7-9-15(10-8-14)20-18(22)13(2)11-25(20,23)24/h3-10,13H,11H2,1-2H3,(H,19,21)/t13-/m0/s1. The minimum absolute atomic E-state index is 0.193. The third kappa shape index (κ3) is 3.28. The summed E-state index contributed by atoms with van der Waals surface area (Å²) in [5, 5.41) is 2.81. The molecule has 25 heavy (non-hydrogen) atoms. The first-order chi connectivity index (χ1) is 11.8. The maximum Gasteiger partial charge on any atom is 0.255 e. The van der Waals surface area contributed by atoms with Crippen molar-refractivity contribution in [2.75, 3.05) is 15.4 Å². The van der Waals surface area contributed by atoms with Crippen LogP contribution in [0.25, 0.3) is 0 Å². The van der Waals surface area contributed by atoms with Crippen molar-refractivity contribution in [3.8, 4) is 0 Å². The molecule has 0 spiro atoms. The van der Waals surface area contributed by atoms with Gasteiger partial charge < -0.3 is 5.32 Å². The van der Waals surface area contributed by atoms with Gasteiger partial charge in [0.25, 0.3) is 5.91 Å². The average Bonchev–Trinajstić information content (AvgIpc) is 2.77. The van der Waals surface area contributed by atoms with Gasteiger partial charge in [-0.1, -0.05) is 25.1 Å². The maximum atomic E-state index is 12.3. The van der Waals surface area contributed by atoms with E-state index in [9.17, 15) is 18.0 Å². The molecular formula is C18H18N2O4S. The number of hydrogen-bond donors (Lipinski definition) is 1. The van der Waals surface area contributed by atoms with E-state index in [1.165, 1.54) is 24.3 Å². The summed E-state index contributed by atoms with van der Waals surface area (Å²) >= 11 is 0. The minimum Gasteiger partial charge on any atom is -0.322 e. The van der Waals surface area contributed by atoms with Crippen LogP contribution in [0.15, 0.2) is 48.5 Å². The molecule has 7 heteroatoms. The Hall–Kier alpha value is -2.67. The van der Waals surface area contributed by atoms with E-state index in [0.717, 1.165) is 9.87 Å². The van der Waals surface area contributed by atoms with Gasteiger partial charge in [-0.2, -0.15) is 0 Å². The first kappa shape index (κ1) is 17.2. The highest BCUT2D eigenvalue weighted by molar-refractivity contribution is 7.94. The van der Waals surface area contributed by atoms with E-state index < -0.39 is 21.8 Å². The third-order valence-corrected chi connectivity index (χ3v) is 5.99. The van der Waals surface area contributed by atoms with Crippen LogP contribution in [0.5, 0.6) is 0 Å². The summed E-state index contributed by atoms with van der Waals surface area (Å²) in [6.07, 6.45) is 0. The van der Waals surface area contributed by atoms with Crippen molar-refractivity contribution in [1.29, 1.82) is 0 Å². The lowest BCUT2D eigenvalue weighted by Crippen LogP contribution is -2.30. The van der Waals surface area contributed by atoms with Crippen molar-refractivity contribution in [3.05, 3.63) is 59.7 Å². The van der Waals surface area contributed by atoms with E-state index in [1.807, 2.05) is 25.1 Å². The SMILES string of the molecule is Cc1ccccc1NC(=O)c1ccc(N2C(=O)[C@@H](C)CS2(=O)=O)cc1. The quantitative estimate of drug-likeness (QED) is 0.914. The molecule has 0 aromatic heterocycles. The van der Waals surface area contributed by atoms with E-state index in [4.69, 9.17) is 0 Å². The van der Waals surface area contributed by atoms with E-state index in [-0.39, 0.29) is 17.3 Å². The van der Waals surface area contributed by atoms with Crippen molar-refractivity contribution in [2.24, 2.45) is 5.92 Å². The Morgan fingerprint density at radius 2 is 1.76 bits per heavy atom. The molecule has 1 atom stereocenters. The van der Waals surface area contributed by atoms with Gasteiger partial charge in [0, 0.05) is 11.3 Å². The smallest absolute Gasteiger partial charge is 0.255 e. The summed E-state index contributed by atoms with van der Waals surface area (Å²) in [5.41, 5.74) is 2.28. The third-order valence-electron chi connectivity index (χ3n) is 4.12. The summed E-state index contributed by atoms with van der Waals surface area (Å²) in [7, 11) is -3.64. The van der Waals surface area contributed by atoms with Crippen LogP contribution in [0.2, 0.25) is 0 Å². The largest absolute Gasteiger partial charge is 0.322 e. The number of anilines is 2. The highest BCUT2D eigenvalue weighted by Gasteiger charge is 2.41. The van der Waals surface area contributed by atoms with Crippen LogP contribution >= 0.6 is 0 Å². The van der Waals surface area contributed by atoms with Crippen LogP contribution < -0.4 is 9.62 Å². The Bertz CT molecular complexity index is 936. The fraction of sp³-hybridized carbons (Fsp3) is 0.222. The number of hydrogen-bond acceptors (Lipinski definition) is 4. The van der Waals surface area contributed by atoms with E-state index in [0.29, 0.717) is 11.3 Å². The fourth-order valence-electron chi connectivity index (χ4n) is 2.74. The Morgan fingerprint density at radius 1 is 1.12 bits per heavy atom. The Kier molecular flexibility index (Phi) is 4.34. The second kappa shape index (κ2) is 6.33. The van der Waals surface area contributed by atoms with Crippen molar-refractivity contribution < 1.29 is 18.0 Å². The van der Waals surface area contributed by atoms with Crippen LogP contribution in [0.4, 0.5) is 11.4 Å². The monoisotopic (exact) mass is 358 g/mol. The number of rotatable bonds is 3. The van der Waals surface area contributed by atoms with Gasteiger partial charge >= 0.3 is 0 Å². The molecule has 0 radical (unpaired) electrons. The lowest BCUT2D eigenvalue weighted by molar-refractivity contribution is -0.119. The predicted molar refractivity (Wildman–Crippen MR) is 96.0 cm³/mol. The first-order valence-corrected chi connectivity index (χ1v) is 9.44. The second-order valence-corrected chi connectivity index (χ2v) is 7.96. The molecule has 130 valence electrons. The van der Waals surface area contributed by atoms with Gasteiger partial charge in [-0.3, -0.25) is 9.59 Å². The zero-order valence-corrected chi connectivity index (χ0v) is 14.7. The number of carbonyl (C=O) groups excluding carboxylic acids is 2. The molecule has 1 heterocycles. The van der Waals surface area contributed by atoms with Gasteiger partial charge in [0.2, 0.25) is 15.9 Å². The van der Waals surface area contributed by atoms with Gasteiger partial charge in [-0.25, -0.2) is 12.7 Å². The number of carbonyl (C=O) groups is 2. The molecule has 2 aromatic rings. The lowest BCUT2D eigenvalue weighted by Gasteiger charge is -2.15. The summed E-state index contributed by atoms with van der Waals surface area (Å²) in [4.78, 5) is 24.4. The van der Waals surface area contributed by atoms with E-state index in [1.54, 1.807) is 13.0 Å². The number of para-hydroxylation sites is 1. The molecule has 2 amide bonds. The number of sulfonamides is 1. The first-order valence-electron chi connectivity index (χ1n) is 7.83. The minimum atomic E-state index is -3.64. The highest BCUT2D eigenvalue weighted by Crippen LogP contribution is 2.28. The highest BCUT2D eigenvalue weighted by atomic mass is 32.2. The van der Waals surface area contributed by atoms with Crippen LogP contribution in [0.1, 0.15) is 22.8 Å². The van der Waals surface area contributed by atoms with Crippen LogP contribution in [-0.4, -0.2) is 26.0 Å². The van der Waals surface area contributed by atoms with E-state index >= 15 is 0 Å². The predicted octanol–water partition coefficient (Wildman–Crippen LogP) is 2.56. The Morgan fingerprint density at radius 3 is 2.32 bits per heavy atom. The van der Waals surface area contributed by atoms with Gasteiger partial charge in [0.15, 0.2) is 0 Å². The van der Waals surface area contributed by atoms with E-state index in [2.05, 4.69) is 5.32 Å². The summed E-state index contributed by atoms with van der Waals surface area (Å²) in [5.74, 6) is -1.50. The lowest BCUT2D eigenvalue weighted by atomic mass is 10.1. The Labute approximate surface area is 146 Å². The van der Waals surface area contributed by atoms with Crippen molar-refractivity contribution in [2.45, 2.75) is 13.8 Å². The Balaban J connectivity index is 1.82. The molecule has 0 saturated carbocycles. The van der Waals surface area contributed by atoms with Gasteiger partial charge in [-0.15, -0.1) is 0 Å². The van der Waals surface area contributed by atoms with Crippen molar-refractivity contribution >= 4 is 33.2 Å². The molecule has 1 saturated heterocycles. The van der Waals surface area contributed by atoms with Crippen LogP contribution in [0, 0.1) is 12.8 Å². The zero-order valence-electron chi connectivity index (χ0n) is 13.9. The van der Waals surface area contributed by atoms with Gasteiger partial charge in [0.1, 0.15) is 0 Å². The molecule has 1 fully saturated rings. The molecule has 0 unspecified atom stereocenters. The molecule has 0 bridgehead atoms. The molecule has 1 aliphatic heterocycles. The average molecular weight is 358 g/mol. The number of nitrogens with one attached hydrogen (secondary N) is 1. The maximum absolute atomic E-state index is 12.3. The molecule has 0 aliphatic carbocycles. The number of nitrogens with zero attached hydrogens (tertiary/aromatic N) is 1. The van der Waals surface area contributed by atoms with Gasteiger partial charge in [-0.05, 0) is 42.8 Å². The van der Waals surface area contributed by atoms with Gasteiger partial charge in [0.05, 0.1) is 17.4 Å². The fourth-order valence-corrected chi connectivity index (χ4v) is 4.56. The number of benzene rings is 2. The van der Waals surface area contributed by atoms with Crippen LogP contribution in [0.3, 0.4) is 0 Å². The second-order valence-electron chi connectivity index (χ2n) is 6.10. The molecule has 6 nitrogen and oxygen atoms in total. The topological polar surface area (TPSA) is 83.6 Å². The number of amides is 2. The molecular weight excluding hydrogens is 340 g/mol. The number of aryl methyl sites for hydroxylation is 1. The normalized spacial score (nSPS) is 19.0. The molecule has 1 aliphatic rings. The summed E-state index contributed by atoms with van der Waals surface area (Å²) < 4.78 is 25.0. The molecule has 3 rings (SSSR count). The van der Waals surface area contributed by atoms with Crippen molar-refractivity contribution in [3.63, 3.8) is 0 Å².